The van der Waals surface area contributed by atoms with E-state index in [1.165, 1.54) is 16.6 Å². The maximum absolute atomic E-state index is 12.6. The second kappa shape index (κ2) is 8.92. The number of hydrogen-bond donors (Lipinski definition) is 0. The summed E-state index contributed by atoms with van der Waals surface area (Å²) >= 11 is 3.49. The summed E-state index contributed by atoms with van der Waals surface area (Å²) in [7, 11) is -5.29. The molecule has 2 aromatic rings. The number of sulfone groups is 1. The van der Waals surface area contributed by atoms with Crippen molar-refractivity contribution in [3.63, 3.8) is 0 Å². The summed E-state index contributed by atoms with van der Waals surface area (Å²) in [6.45, 7) is 4.57. The van der Waals surface area contributed by atoms with E-state index in [4.69, 9.17) is 0 Å². The molecule has 0 atom stereocenters. The van der Waals surface area contributed by atoms with Crippen molar-refractivity contribution in [2.45, 2.75) is 31.0 Å². The number of pyridine rings is 1. The standard InChI is InChI=1S/C19H24BrNO2SSi/c1-25(2,17-9-4-3-5-10-17)18(11-8-14-20)13-16-24(22,23)19-12-6-7-15-21-19/h3-7,9-10,12-13,15H,8,11,14,16H2,1-2H3/b18-13+. The van der Waals surface area contributed by atoms with Gasteiger partial charge in [-0.3, -0.25) is 0 Å². The minimum atomic E-state index is -3.40. The number of alkyl halides is 1. The molecule has 0 aliphatic rings. The third-order valence-corrected chi connectivity index (χ3v) is 10.3. The molecule has 0 saturated carbocycles. The minimum absolute atomic E-state index is 0.00486. The highest BCUT2D eigenvalue weighted by Gasteiger charge is 2.28. The first-order valence-electron chi connectivity index (χ1n) is 8.33. The van der Waals surface area contributed by atoms with Gasteiger partial charge < -0.3 is 0 Å². The summed E-state index contributed by atoms with van der Waals surface area (Å²) in [6.07, 6.45) is 5.37. The highest BCUT2D eigenvalue weighted by atomic mass is 79.9. The second-order valence-electron chi connectivity index (χ2n) is 6.46. The fraction of sp³-hybridized carbons (Fsp3) is 0.316. The smallest absolute Gasteiger partial charge is 0.199 e. The monoisotopic (exact) mass is 437 g/mol. The van der Waals surface area contributed by atoms with E-state index >= 15 is 0 Å². The van der Waals surface area contributed by atoms with E-state index in [0.29, 0.717) is 0 Å². The van der Waals surface area contributed by atoms with E-state index in [-0.39, 0.29) is 10.8 Å². The number of aromatic nitrogens is 1. The Labute approximate surface area is 160 Å². The van der Waals surface area contributed by atoms with Gasteiger partial charge in [0, 0.05) is 11.5 Å². The topological polar surface area (TPSA) is 47.0 Å². The van der Waals surface area contributed by atoms with E-state index in [1.807, 2.05) is 12.1 Å². The molecule has 0 saturated heterocycles. The van der Waals surface area contributed by atoms with Gasteiger partial charge in [-0.2, -0.15) is 0 Å². The Hall–Kier alpha value is -1.24. The average molecular weight is 438 g/mol. The third kappa shape index (κ3) is 5.36. The number of benzene rings is 1. The van der Waals surface area contributed by atoms with Gasteiger partial charge in [-0.1, -0.05) is 81.9 Å². The summed E-state index contributed by atoms with van der Waals surface area (Å²) in [5, 5.41) is 3.66. The van der Waals surface area contributed by atoms with Crippen molar-refractivity contribution in [1.82, 2.24) is 4.98 Å². The van der Waals surface area contributed by atoms with Gasteiger partial charge in [-0.15, -0.1) is 0 Å². The lowest BCUT2D eigenvalue weighted by Gasteiger charge is -2.27. The van der Waals surface area contributed by atoms with Crippen LogP contribution >= 0.6 is 15.9 Å². The summed E-state index contributed by atoms with van der Waals surface area (Å²) in [5.74, 6) is 0.00486. The summed E-state index contributed by atoms with van der Waals surface area (Å²) < 4.78 is 25.1. The lowest BCUT2D eigenvalue weighted by molar-refractivity contribution is 0.595. The molecule has 0 aliphatic heterocycles. The Morgan fingerprint density at radius 3 is 2.40 bits per heavy atom. The van der Waals surface area contributed by atoms with Gasteiger partial charge in [-0.05, 0) is 25.0 Å². The van der Waals surface area contributed by atoms with Crippen molar-refractivity contribution in [2.75, 3.05) is 11.1 Å². The zero-order valence-electron chi connectivity index (χ0n) is 14.7. The Bertz CT molecular complexity index is 806. The van der Waals surface area contributed by atoms with Crippen LogP contribution in [0.4, 0.5) is 0 Å². The second-order valence-corrected chi connectivity index (χ2v) is 13.7. The van der Waals surface area contributed by atoms with Crippen LogP contribution in [0.15, 0.2) is 71.0 Å². The lowest BCUT2D eigenvalue weighted by Crippen LogP contribution is -2.44. The maximum atomic E-state index is 12.6. The normalized spacial score (nSPS) is 13.0. The molecule has 25 heavy (non-hydrogen) atoms. The first-order chi connectivity index (χ1) is 11.9. The SMILES string of the molecule is C[Si](C)(/C(=C/CS(=O)(=O)c1ccccn1)CCCBr)c1ccccc1. The lowest BCUT2D eigenvalue weighted by atomic mass is 10.3. The molecule has 2 rings (SSSR count). The van der Waals surface area contributed by atoms with Crippen LogP contribution in [0.1, 0.15) is 12.8 Å². The van der Waals surface area contributed by atoms with E-state index in [0.717, 1.165) is 18.2 Å². The van der Waals surface area contributed by atoms with Gasteiger partial charge in [0.25, 0.3) is 0 Å². The van der Waals surface area contributed by atoms with Crippen molar-refractivity contribution in [3.8, 4) is 0 Å². The van der Waals surface area contributed by atoms with Crippen LogP contribution in [0.25, 0.3) is 0 Å². The van der Waals surface area contributed by atoms with Gasteiger partial charge in [0.05, 0.1) is 5.75 Å². The van der Waals surface area contributed by atoms with Gasteiger partial charge in [0.1, 0.15) is 8.07 Å². The molecule has 6 heteroatoms. The molecule has 0 aliphatic carbocycles. The average Bonchev–Trinajstić information content (AvgIpc) is 2.63. The van der Waals surface area contributed by atoms with Crippen molar-refractivity contribution in [1.29, 1.82) is 0 Å². The molecule has 0 radical (unpaired) electrons. The Morgan fingerprint density at radius 2 is 1.80 bits per heavy atom. The van der Waals surface area contributed by atoms with Crippen LogP contribution in [0.3, 0.4) is 0 Å². The van der Waals surface area contributed by atoms with Crippen LogP contribution in [0.2, 0.25) is 13.1 Å². The van der Waals surface area contributed by atoms with Crippen molar-refractivity contribution in [3.05, 3.63) is 66.0 Å². The Morgan fingerprint density at radius 1 is 1.12 bits per heavy atom. The number of rotatable bonds is 8. The van der Waals surface area contributed by atoms with Gasteiger partial charge in [0.2, 0.25) is 0 Å². The molecule has 0 bridgehead atoms. The van der Waals surface area contributed by atoms with Crippen molar-refractivity contribution in [2.24, 2.45) is 0 Å². The molecule has 1 heterocycles. The summed E-state index contributed by atoms with van der Waals surface area (Å²) in [6, 6.07) is 15.4. The highest BCUT2D eigenvalue weighted by molar-refractivity contribution is 9.09. The molecular formula is C19H24BrNO2SSi. The number of hydrogen-bond acceptors (Lipinski definition) is 3. The Kier molecular flexibility index (Phi) is 7.16. The molecule has 0 amide bonds. The fourth-order valence-corrected chi connectivity index (χ4v) is 7.13. The highest BCUT2D eigenvalue weighted by Crippen LogP contribution is 2.22. The van der Waals surface area contributed by atoms with E-state index in [2.05, 4.69) is 58.3 Å². The van der Waals surface area contributed by atoms with E-state index in [9.17, 15) is 8.42 Å². The zero-order valence-corrected chi connectivity index (χ0v) is 18.1. The zero-order chi connectivity index (χ0) is 18.3. The molecule has 134 valence electrons. The van der Waals surface area contributed by atoms with Crippen molar-refractivity contribution < 1.29 is 8.42 Å². The van der Waals surface area contributed by atoms with Crippen LogP contribution in [0.5, 0.6) is 0 Å². The predicted octanol–water partition coefficient (Wildman–Crippen LogP) is 4.11. The first-order valence-corrected chi connectivity index (χ1v) is 14.1. The molecule has 1 aromatic carbocycles. The third-order valence-electron chi connectivity index (χ3n) is 4.38. The maximum Gasteiger partial charge on any atom is 0.199 e. The van der Waals surface area contributed by atoms with Crippen LogP contribution in [-0.2, 0) is 9.84 Å². The molecule has 1 aromatic heterocycles. The van der Waals surface area contributed by atoms with Gasteiger partial charge >= 0.3 is 0 Å². The summed E-state index contributed by atoms with van der Waals surface area (Å²) in [5.41, 5.74) is 0. The first kappa shape index (κ1) is 20.1. The number of nitrogens with zero attached hydrogens (tertiary/aromatic N) is 1. The van der Waals surface area contributed by atoms with Crippen molar-refractivity contribution >= 4 is 39.0 Å². The molecule has 0 unspecified atom stereocenters. The molecule has 0 fully saturated rings. The van der Waals surface area contributed by atoms with E-state index < -0.39 is 17.9 Å². The largest absolute Gasteiger partial charge is 0.245 e. The predicted molar refractivity (Wildman–Crippen MR) is 111 cm³/mol. The fourth-order valence-electron chi connectivity index (χ4n) is 2.79. The summed E-state index contributed by atoms with van der Waals surface area (Å²) in [4.78, 5) is 4.00. The van der Waals surface area contributed by atoms with Crippen LogP contribution < -0.4 is 5.19 Å². The van der Waals surface area contributed by atoms with Gasteiger partial charge in [-0.25, -0.2) is 13.4 Å². The molecule has 0 N–H and O–H groups in total. The number of allylic oxidation sites excluding steroid dienone is 1. The molecule has 0 spiro atoms. The quantitative estimate of drug-likeness (QED) is 0.460. The number of halogens is 1. The van der Waals surface area contributed by atoms with Crippen LogP contribution in [-0.4, -0.2) is 32.6 Å². The van der Waals surface area contributed by atoms with Crippen LogP contribution in [0, 0.1) is 0 Å². The van der Waals surface area contributed by atoms with E-state index in [1.54, 1.807) is 18.2 Å². The molecule has 3 nitrogen and oxygen atoms in total. The van der Waals surface area contributed by atoms with Gasteiger partial charge in [0.15, 0.2) is 14.9 Å². The molecular weight excluding hydrogens is 414 g/mol. The Balaban J connectivity index is 2.32. The minimum Gasteiger partial charge on any atom is -0.245 e.